The lowest BCUT2D eigenvalue weighted by molar-refractivity contribution is 0.0528. The maximum absolute atomic E-state index is 11.8. The SMILES string of the molecule is CCOC(=O)c1cnn2c3c(cnc12)C(=O)CCC3. The van der Waals surface area contributed by atoms with E-state index in [1.807, 2.05) is 0 Å². The molecular weight excluding hydrogens is 246 g/mol. The predicted molar refractivity (Wildman–Crippen MR) is 66.2 cm³/mol. The topological polar surface area (TPSA) is 73.6 Å². The number of esters is 1. The first-order chi connectivity index (χ1) is 9.22. The summed E-state index contributed by atoms with van der Waals surface area (Å²) < 4.78 is 6.54. The molecule has 0 fully saturated rings. The number of aryl methyl sites for hydroxylation is 1. The van der Waals surface area contributed by atoms with Crippen LogP contribution in [0.4, 0.5) is 0 Å². The lowest BCUT2D eigenvalue weighted by Crippen LogP contribution is -2.16. The molecule has 0 aromatic carbocycles. The smallest absolute Gasteiger partial charge is 0.343 e. The van der Waals surface area contributed by atoms with Gasteiger partial charge in [0.1, 0.15) is 5.56 Å². The second-order valence-corrected chi connectivity index (χ2v) is 4.41. The number of fused-ring (bicyclic) bond motifs is 3. The number of nitrogens with zero attached hydrogens (tertiary/aromatic N) is 3. The first-order valence-electron chi connectivity index (χ1n) is 6.28. The highest BCUT2D eigenvalue weighted by molar-refractivity contribution is 5.99. The van der Waals surface area contributed by atoms with Gasteiger partial charge in [-0.1, -0.05) is 0 Å². The van der Waals surface area contributed by atoms with Crippen molar-refractivity contribution in [1.29, 1.82) is 0 Å². The monoisotopic (exact) mass is 259 g/mol. The molecule has 2 aromatic rings. The first-order valence-corrected chi connectivity index (χ1v) is 6.28. The molecule has 0 atom stereocenters. The number of carbonyl (C=O) groups excluding carboxylic acids is 2. The standard InChI is InChI=1S/C13H13N3O3/c1-2-19-13(18)9-7-15-16-10-4-3-5-11(17)8(10)6-14-12(9)16/h6-7H,2-5H2,1H3. The number of aromatic nitrogens is 3. The highest BCUT2D eigenvalue weighted by atomic mass is 16.5. The molecule has 0 unspecified atom stereocenters. The lowest BCUT2D eigenvalue weighted by Gasteiger charge is -2.14. The molecule has 0 radical (unpaired) electrons. The molecule has 0 spiro atoms. The molecule has 1 aliphatic carbocycles. The Morgan fingerprint density at radius 3 is 3.05 bits per heavy atom. The second kappa shape index (κ2) is 4.46. The molecule has 0 bridgehead atoms. The number of Topliss-reactive ketones (excluding diaryl/α,β-unsaturated/α-hetero) is 1. The van der Waals surface area contributed by atoms with Gasteiger partial charge in [0.05, 0.1) is 24.1 Å². The zero-order chi connectivity index (χ0) is 13.4. The fourth-order valence-electron chi connectivity index (χ4n) is 2.36. The van der Waals surface area contributed by atoms with E-state index in [-0.39, 0.29) is 5.78 Å². The number of hydrogen-bond donors (Lipinski definition) is 0. The van der Waals surface area contributed by atoms with Crippen LogP contribution in [0.1, 0.15) is 46.2 Å². The molecule has 6 heteroatoms. The summed E-state index contributed by atoms with van der Waals surface area (Å²) in [6, 6.07) is 0. The molecular formula is C13H13N3O3. The minimum atomic E-state index is -0.438. The molecule has 0 saturated heterocycles. The highest BCUT2D eigenvalue weighted by Gasteiger charge is 2.23. The fourth-order valence-corrected chi connectivity index (χ4v) is 2.36. The number of rotatable bonds is 2. The quantitative estimate of drug-likeness (QED) is 0.763. The van der Waals surface area contributed by atoms with Gasteiger partial charge in [-0.2, -0.15) is 5.10 Å². The third-order valence-corrected chi connectivity index (χ3v) is 3.24. The Bertz CT molecular complexity index is 675. The van der Waals surface area contributed by atoms with Gasteiger partial charge in [-0.15, -0.1) is 0 Å². The van der Waals surface area contributed by atoms with E-state index in [1.165, 1.54) is 12.4 Å². The number of ketones is 1. The largest absolute Gasteiger partial charge is 0.462 e. The zero-order valence-corrected chi connectivity index (χ0v) is 10.5. The van der Waals surface area contributed by atoms with Crippen LogP contribution in [0.25, 0.3) is 5.65 Å². The average molecular weight is 259 g/mol. The summed E-state index contributed by atoms with van der Waals surface area (Å²) in [5.74, 6) is -0.351. The van der Waals surface area contributed by atoms with Crippen LogP contribution in [0.15, 0.2) is 12.4 Å². The van der Waals surface area contributed by atoms with Gasteiger partial charge >= 0.3 is 5.97 Å². The van der Waals surface area contributed by atoms with Gasteiger partial charge in [0, 0.05) is 12.6 Å². The molecule has 3 rings (SSSR count). The Kier molecular flexibility index (Phi) is 2.77. The van der Waals surface area contributed by atoms with Gasteiger partial charge < -0.3 is 4.74 Å². The van der Waals surface area contributed by atoms with E-state index < -0.39 is 5.97 Å². The van der Waals surface area contributed by atoms with E-state index in [9.17, 15) is 9.59 Å². The van der Waals surface area contributed by atoms with Crippen molar-refractivity contribution in [2.24, 2.45) is 0 Å². The Morgan fingerprint density at radius 2 is 2.26 bits per heavy atom. The molecule has 0 N–H and O–H groups in total. The average Bonchev–Trinajstić information content (AvgIpc) is 2.83. The number of ether oxygens (including phenoxy) is 1. The van der Waals surface area contributed by atoms with Crippen LogP contribution in [0.3, 0.4) is 0 Å². The van der Waals surface area contributed by atoms with Crippen LogP contribution in [-0.2, 0) is 11.2 Å². The second-order valence-electron chi connectivity index (χ2n) is 4.41. The molecule has 2 aromatic heterocycles. The van der Waals surface area contributed by atoms with Crippen molar-refractivity contribution in [1.82, 2.24) is 14.6 Å². The summed E-state index contributed by atoms with van der Waals surface area (Å²) in [4.78, 5) is 27.8. The minimum Gasteiger partial charge on any atom is -0.462 e. The van der Waals surface area contributed by atoms with Crippen LogP contribution < -0.4 is 0 Å². The molecule has 0 aliphatic heterocycles. The summed E-state index contributed by atoms with van der Waals surface area (Å²) in [6.07, 6.45) is 5.10. The molecule has 1 aliphatic rings. The van der Waals surface area contributed by atoms with E-state index in [0.29, 0.717) is 29.8 Å². The van der Waals surface area contributed by atoms with E-state index in [4.69, 9.17) is 4.74 Å². The summed E-state index contributed by atoms with van der Waals surface area (Å²) >= 11 is 0. The molecule has 98 valence electrons. The van der Waals surface area contributed by atoms with Gasteiger partial charge in [0.25, 0.3) is 0 Å². The van der Waals surface area contributed by atoms with Crippen LogP contribution in [-0.4, -0.2) is 33.0 Å². The van der Waals surface area contributed by atoms with Crippen LogP contribution in [0, 0.1) is 0 Å². The van der Waals surface area contributed by atoms with Crippen LogP contribution in [0.2, 0.25) is 0 Å². The Balaban J connectivity index is 2.16. The van der Waals surface area contributed by atoms with Crippen molar-refractivity contribution < 1.29 is 14.3 Å². The molecule has 19 heavy (non-hydrogen) atoms. The number of hydrogen-bond acceptors (Lipinski definition) is 5. The molecule has 0 amide bonds. The molecule has 0 saturated carbocycles. The highest BCUT2D eigenvalue weighted by Crippen LogP contribution is 2.22. The van der Waals surface area contributed by atoms with Crippen molar-refractivity contribution in [3.05, 3.63) is 29.2 Å². The maximum atomic E-state index is 11.8. The van der Waals surface area contributed by atoms with Crippen molar-refractivity contribution in [2.45, 2.75) is 26.2 Å². The Labute approximate surface area is 109 Å². The summed E-state index contributed by atoms with van der Waals surface area (Å²) in [5.41, 5.74) is 2.23. The van der Waals surface area contributed by atoms with Gasteiger partial charge in [-0.25, -0.2) is 14.3 Å². The van der Waals surface area contributed by atoms with E-state index in [1.54, 1.807) is 11.4 Å². The Morgan fingerprint density at radius 1 is 1.42 bits per heavy atom. The van der Waals surface area contributed by atoms with Crippen molar-refractivity contribution in [2.75, 3.05) is 6.61 Å². The molecule has 2 heterocycles. The fraction of sp³-hybridized carbons (Fsp3) is 0.385. The van der Waals surface area contributed by atoms with E-state index in [0.717, 1.165) is 18.5 Å². The van der Waals surface area contributed by atoms with Gasteiger partial charge in [0.2, 0.25) is 0 Å². The van der Waals surface area contributed by atoms with E-state index >= 15 is 0 Å². The van der Waals surface area contributed by atoms with Crippen LogP contribution in [0.5, 0.6) is 0 Å². The minimum absolute atomic E-state index is 0.0869. The summed E-state index contributed by atoms with van der Waals surface area (Å²) in [7, 11) is 0. The third-order valence-electron chi connectivity index (χ3n) is 3.24. The van der Waals surface area contributed by atoms with Gasteiger partial charge in [-0.3, -0.25) is 4.79 Å². The van der Waals surface area contributed by atoms with E-state index in [2.05, 4.69) is 10.1 Å². The summed E-state index contributed by atoms with van der Waals surface area (Å²) in [6.45, 7) is 2.05. The summed E-state index contributed by atoms with van der Waals surface area (Å²) in [5, 5.41) is 4.17. The number of carbonyl (C=O) groups is 2. The van der Waals surface area contributed by atoms with Crippen LogP contribution >= 0.6 is 0 Å². The third kappa shape index (κ3) is 1.80. The Hall–Kier alpha value is -2.24. The van der Waals surface area contributed by atoms with Crippen molar-refractivity contribution >= 4 is 17.4 Å². The van der Waals surface area contributed by atoms with Crippen molar-refractivity contribution in [3.8, 4) is 0 Å². The predicted octanol–water partition coefficient (Wildman–Crippen LogP) is 1.43. The van der Waals surface area contributed by atoms with Crippen molar-refractivity contribution in [3.63, 3.8) is 0 Å². The van der Waals surface area contributed by atoms with Gasteiger partial charge in [0.15, 0.2) is 11.4 Å². The molecule has 6 nitrogen and oxygen atoms in total. The van der Waals surface area contributed by atoms with Gasteiger partial charge in [-0.05, 0) is 19.8 Å². The first kappa shape index (κ1) is 11.8. The lowest BCUT2D eigenvalue weighted by atomic mass is 9.96. The zero-order valence-electron chi connectivity index (χ0n) is 10.5. The maximum Gasteiger partial charge on any atom is 0.343 e. The normalized spacial score (nSPS) is 14.5.